The van der Waals surface area contributed by atoms with Gasteiger partial charge in [-0.15, -0.1) is 0 Å². The first kappa shape index (κ1) is 27.4. The van der Waals surface area contributed by atoms with Crippen molar-refractivity contribution >= 4 is 29.5 Å². The van der Waals surface area contributed by atoms with Crippen molar-refractivity contribution in [2.75, 3.05) is 13.1 Å². The highest BCUT2D eigenvalue weighted by Crippen LogP contribution is 2.38. The molecule has 3 amide bonds. The summed E-state index contributed by atoms with van der Waals surface area (Å²) < 4.78 is 5.35. The molecule has 0 aromatic heterocycles. The fourth-order valence-electron chi connectivity index (χ4n) is 5.22. The second-order valence-electron chi connectivity index (χ2n) is 10.7. The van der Waals surface area contributed by atoms with E-state index < -0.39 is 23.6 Å². The first-order chi connectivity index (χ1) is 16.6. The number of nitrogens with two attached hydrogens (primary N) is 1. The van der Waals surface area contributed by atoms with Gasteiger partial charge < -0.3 is 15.8 Å². The van der Waals surface area contributed by atoms with Crippen molar-refractivity contribution in [1.29, 1.82) is 0 Å². The lowest BCUT2D eigenvalue weighted by molar-refractivity contribution is -0.132. The smallest absolute Gasteiger partial charge is 0.407 e. The number of benzene rings is 1. The van der Waals surface area contributed by atoms with E-state index in [0.29, 0.717) is 23.4 Å². The molecule has 35 heavy (non-hydrogen) atoms. The van der Waals surface area contributed by atoms with Crippen LogP contribution in [0, 0.1) is 11.8 Å². The van der Waals surface area contributed by atoms with Gasteiger partial charge in [0, 0.05) is 24.7 Å². The lowest BCUT2D eigenvalue weighted by Crippen LogP contribution is -2.46. The summed E-state index contributed by atoms with van der Waals surface area (Å²) in [5.74, 6) is 0.235. The number of carbonyl (C=O) groups excluding carboxylic acids is 3. The van der Waals surface area contributed by atoms with Gasteiger partial charge in [-0.3, -0.25) is 19.8 Å². The van der Waals surface area contributed by atoms with Crippen LogP contribution in [-0.4, -0.2) is 47.5 Å². The highest BCUT2D eigenvalue weighted by atomic mass is 35.5. The monoisotopic (exact) mass is 506 g/mol. The molecule has 1 aromatic carbocycles. The minimum atomic E-state index is -0.585. The minimum Gasteiger partial charge on any atom is -0.444 e. The Morgan fingerprint density at radius 1 is 1.11 bits per heavy atom. The van der Waals surface area contributed by atoms with Crippen LogP contribution in [0.2, 0.25) is 5.02 Å². The highest BCUT2D eigenvalue weighted by molar-refractivity contribution is 6.30. The molecular weight excluding hydrogens is 468 g/mol. The molecular formula is C26H39ClN4O4. The summed E-state index contributed by atoms with van der Waals surface area (Å²) >= 11 is 6.32. The van der Waals surface area contributed by atoms with Crippen molar-refractivity contribution in [2.24, 2.45) is 17.6 Å². The number of alkyl carbamates (subject to hydrolysis) is 1. The van der Waals surface area contributed by atoms with Gasteiger partial charge >= 0.3 is 6.09 Å². The summed E-state index contributed by atoms with van der Waals surface area (Å²) in [5, 5.41) is 5.85. The molecule has 194 valence electrons. The third kappa shape index (κ3) is 8.19. The van der Waals surface area contributed by atoms with Crippen molar-refractivity contribution in [3.05, 3.63) is 34.3 Å². The van der Waals surface area contributed by atoms with Crippen LogP contribution in [-0.2, 0) is 27.4 Å². The van der Waals surface area contributed by atoms with Crippen LogP contribution in [0.25, 0.3) is 0 Å². The number of nitrogens with one attached hydrogen (secondary N) is 2. The number of nitrogens with zero attached hydrogens (tertiary/aromatic N) is 1. The zero-order valence-electron chi connectivity index (χ0n) is 21.1. The van der Waals surface area contributed by atoms with Gasteiger partial charge in [-0.25, -0.2) is 4.79 Å². The molecule has 1 aromatic rings. The van der Waals surface area contributed by atoms with Crippen molar-refractivity contribution in [1.82, 2.24) is 15.5 Å². The van der Waals surface area contributed by atoms with E-state index in [4.69, 9.17) is 22.1 Å². The molecule has 1 saturated heterocycles. The largest absolute Gasteiger partial charge is 0.444 e. The van der Waals surface area contributed by atoms with E-state index in [1.54, 1.807) is 6.07 Å². The Hall–Kier alpha value is -2.16. The Morgan fingerprint density at radius 2 is 1.83 bits per heavy atom. The van der Waals surface area contributed by atoms with Gasteiger partial charge in [-0.1, -0.05) is 49.8 Å². The summed E-state index contributed by atoms with van der Waals surface area (Å²) in [6.07, 6.45) is 6.36. The summed E-state index contributed by atoms with van der Waals surface area (Å²) in [6.45, 7) is 6.78. The van der Waals surface area contributed by atoms with Crippen molar-refractivity contribution in [2.45, 2.75) is 84.0 Å². The molecule has 1 aliphatic heterocycles. The molecule has 4 N–H and O–H groups in total. The number of amides is 3. The lowest BCUT2D eigenvalue weighted by Gasteiger charge is -2.27. The van der Waals surface area contributed by atoms with E-state index in [1.165, 1.54) is 32.1 Å². The molecule has 0 spiro atoms. The van der Waals surface area contributed by atoms with Gasteiger partial charge in [0.1, 0.15) is 5.60 Å². The van der Waals surface area contributed by atoms with E-state index in [1.807, 2.05) is 32.9 Å². The molecule has 0 radical (unpaired) electrons. The number of ether oxygens (including phenoxy) is 1. The average Bonchev–Trinajstić information content (AvgIpc) is 3.22. The van der Waals surface area contributed by atoms with Crippen molar-refractivity contribution in [3.8, 4) is 0 Å². The van der Waals surface area contributed by atoms with Crippen LogP contribution in [0.5, 0.6) is 0 Å². The van der Waals surface area contributed by atoms with E-state index in [0.717, 1.165) is 24.1 Å². The van der Waals surface area contributed by atoms with E-state index in [2.05, 4.69) is 15.5 Å². The van der Waals surface area contributed by atoms with Gasteiger partial charge in [-0.2, -0.15) is 0 Å². The fourth-order valence-corrected chi connectivity index (χ4v) is 5.41. The third-order valence-corrected chi connectivity index (χ3v) is 7.10. The number of halogens is 1. The normalized spacial score (nSPS) is 21.5. The molecule has 2 aliphatic rings. The van der Waals surface area contributed by atoms with E-state index >= 15 is 0 Å². The van der Waals surface area contributed by atoms with Crippen LogP contribution in [0.3, 0.4) is 0 Å². The Labute approximate surface area is 213 Å². The first-order valence-electron chi connectivity index (χ1n) is 12.6. The Morgan fingerprint density at radius 3 is 2.49 bits per heavy atom. The minimum absolute atomic E-state index is 0.223. The first-order valence-corrected chi connectivity index (χ1v) is 13.0. The Balaban J connectivity index is 1.76. The van der Waals surface area contributed by atoms with Gasteiger partial charge in [0.05, 0.1) is 12.6 Å². The second-order valence-corrected chi connectivity index (χ2v) is 11.2. The molecule has 1 heterocycles. The number of hydrogen-bond donors (Lipinski definition) is 3. The lowest BCUT2D eigenvalue weighted by atomic mass is 9.79. The van der Waals surface area contributed by atoms with Crippen LogP contribution in [0.1, 0.15) is 70.4 Å². The van der Waals surface area contributed by atoms with E-state index in [-0.39, 0.29) is 19.0 Å². The predicted octanol–water partition coefficient (Wildman–Crippen LogP) is 3.74. The van der Waals surface area contributed by atoms with Gasteiger partial charge in [-0.05, 0) is 62.3 Å². The number of hydrogen-bond acceptors (Lipinski definition) is 6. The van der Waals surface area contributed by atoms with Gasteiger partial charge in [0.25, 0.3) is 0 Å². The van der Waals surface area contributed by atoms with E-state index in [9.17, 15) is 14.4 Å². The number of likely N-dealkylation sites (tertiary alicyclic amines) is 1. The van der Waals surface area contributed by atoms with Crippen LogP contribution in [0.15, 0.2) is 18.2 Å². The number of rotatable bonds is 7. The van der Waals surface area contributed by atoms with Gasteiger partial charge in [0.15, 0.2) is 0 Å². The number of carbonyl (C=O) groups is 3. The Bertz CT molecular complexity index is 911. The zero-order valence-corrected chi connectivity index (χ0v) is 21.8. The fraction of sp³-hybridized carbons (Fsp3) is 0.654. The summed E-state index contributed by atoms with van der Waals surface area (Å²) in [7, 11) is 0. The topological polar surface area (TPSA) is 114 Å². The van der Waals surface area contributed by atoms with Crippen LogP contribution in [0.4, 0.5) is 4.79 Å². The molecule has 8 nitrogen and oxygen atoms in total. The summed E-state index contributed by atoms with van der Waals surface area (Å²) in [6, 6.07) is 5.14. The summed E-state index contributed by atoms with van der Waals surface area (Å²) in [5.41, 5.74) is 6.66. The molecule has 9 heteroatoms. The molecule has 1 aliphatic carbocycles. The predicted molar refractivity (Wildman–Crippen MR) is 136 cm³/mol. The molecule has 1 saturated carbocycles. The molecule has 3 rings (SSSR count). The average molecular weight is 507 g/mol. The maximum absolute atomic E-state index is 13.0. The highest BCUT2D eigenvalue weighted by Gasteiger charge is 2.40. The standard InChI is InChI=1S/C26H39ClN4O4/c1-26(2,3)35-25(34)29-14-18-9-10-21(27)11-19(18)15-31-16-20(17-7-5-4-6-8-17)12-22(31)24(33)30-23(32)13-28/h9-11,17,20,22H,4-8,12-16,28H2,1-3H3,(H,29,34)(H,30,32,33)/t20?,22-/m0/s1. The molecule has 0 bridgehead atoms. The van der Waals surface area contributed by atoms with Crippen LogP contribution < -0.4 is 16.4 Å². The zero-order chi connectivity index (χ0) is 25.6. The van der Waals surface area contributed by atoms with Gasteiger partial charge in [0.2, 0.25) is 11.8 Å². The van der Waals surface area contributed by atoms with Crippen molar-refractivity contribution < 1.29 is 19.1 Å². The summed E-state index contributed by atoms with van der Waals surface area (Å²) in [4.78, 5) is 39.2. The van der Waals surface area contributed by atoms with Crippen molar-refractivity contribution in [3.63, 3.8) is 0 Å². The molecule has 2 atom stereocenters. The quantitative estimate of drug-likeness (QED) is 0.519. The number of imide groups is 1. The van der Waals surface area contributed by atoms with Crippen LogP contribution >= 0.6 is 11.6 Å². The molecule has 2 fully saturated rings. The maximum Gasteiger partial charge on any atom is 0.407 e. The third-order valence-electron chi connectivity index (χ3n) is 6.87. The molecule has 1 unspecified atom stereocenters. The SMILES string of the molecule is CC(C)(C)OC(=O)NCc1ccc(Cl)cc1CN1CC(C2CCCCC2)C[C@H]1C(=O)NC(=O)CN. The second kappa shape index (κ2) is 12.2. The Kier molecular flexibility index (Phi) is 9.55. The maximum atomic E-state index is 13.0.